The zero-order valence-corrected chi connectivity index (χ0v) is 11.7. The molecule has 0 amide bonds. The van der Waals surface area contributed by atoms with E-state index in [1.54, 1.807) is 6.20 Å². The molecule has 0 spiro atoms. The van der Waals surface area contributed by atoms with Gasteiger partial charge in [-0.15, -0.1) is 0 Å². The second-order valence-corrected chi connectivity index (χ2v) is 5.55. The van der Waals surface area contributed by atoms with E-state index in [-0.39, 0.29) is 11.4 Å². The highest BCUT2D eigenvalue weighted by Crippen LogP contribution is 2.40. The van der Waals surface area contributed by atoms with Crippen LogP contribution in [0, 0.1) is 0 Å². The number of hydrogen-bond donors (Lipinski definition) is 0. The first-order chi connectivity index (χ1) is 9.22. The number of halogens is 1. The molecule has 2 aliphatic rings. The van der Waals surface area contributed by atoms with Crippen LogP contribution in [0.1, 0.15) is 32.1 Å². The van der Waals surface area contributed by atoms with Crippen LogP contribution in [0.3, 0.4) is 0 Å². The topological polar surface area (TPSA) is 49.3 Å². The molecule has 2 heterocycles. The molecule has 19 heavy (non-hydrogen) atoms. The van der Waals surface area contributed by atoms with Crippen LogP contribution in [0.2, 0.25) is 5.28 Å². The van der Waals surface area contributed by atoms with Crippen LogP contribution < -0.4 is 9.80 Å². The number of carbonyl (C=O) groups is 1. The van der Waals surface area contributed by atoms with Crippen molar-refractivity contribution in [3.63, 3.8) is 0 Å². The predicted molar refractivity (Wildman–Crippen MR) is 74.6 cm³/mol. The maximum Gasteiger partial charge on any atom is 0.224 e. The molecule has 1 atom stereocenters. The Kier molecular flexibility index (Phi) is 3.31. The molecule has 0 N–H and O–H groups in total. The summed E-state index contributed by atoms with van der Waals surface area (Å²) in [5.41, 5.74) is 0.882. The third kappa shape index (κ3) is 2.06. The molecule has 1 aliphatic carbocycles. The van der Waals surface area contributed by atoms with Crippen molar-refractivity contribution in [2.75, 3.05) is 16.8 Å². The Morgan fingerprint density at radius 2 is 2.11 bits per heavy atom. The van der Waals surface area contributed by atoms with Gasteiger partial charge in [-0.2, -0.15) is 4.98 Å². The molecule has 3 rings (SSSR count). The molecule has 1 saturated carbocycles. The van der Waals surface area contributed by atoms with E-state index in [2.05, 4.69) is 14.9 Å². The van der Waals surface area contributed by atoms with E-state index in [1.165, 1.54) is 19.3 Å². The van der Waals surface area contributed by atoms with Crippen LogP contribution in [0.5, 0.6) is 0 Å². The van der Waals surface area contributed by atoms with E-state index in [9.17, 15) is 4.79 Å². The van der Waals surface area contributed by atoms with Crippen molar-refractivity contribution in [2.24, 2.45) is 0 Å². The summed E-state index contributed by atoms with van der Waals surface area (Å²) in [6.45, 7) is 0. The largest absolute Gasteiger partial charge is 0.344 e. The first-order valence-electron chi connectivity index (χ1n) is 6.71. The Balaban J connectivity index is 2.01. The molecule has 0 saturated heterocycles. The number of nitrogens with zero attached hydrogens (tertiary/aromatic N) is 4. The number of hydrogen-bond acceptors (Lipinski definition) is 5. The molecule has 1 aliphatic heterocycles. The molecule has 1 unspecified atom stereocenters. The molecule has 6 heteroatoms. The van der Waals surface area contributed by atoms with Gasteiger partial charge in [0.2, 0.25) is 5.28 Å². The molecule has 0 radical (unpaired) electrons. The minimum Gasteiger partial charge on any atom is -0.344 e. The van der Waals surface area contributed by atoms with Gasteiger partial charge in [-0.3, -0.25) is 4.79 Å². The van der Waals surface area contributed by atoms with Gasteiger partial charge in [-0.1, -0.05) is 19.3 Å². The van der Waals surface area contributed by atoms with Crippen LogP contribution in [0.25, 0.3) is 0 Å². The second kappa shape index (κ2) is 4.96. The summed E-state index contributed by atoms with van der Waals surface area (Å²) < 4.78 is 0. The lowest BCUT2D eigenvalue weighted by atomic mass is 9.94. The fourth-order valence-corrected chi connectivity index (χ4v) is 3.27. The summed E-state index contributed by atoms with van der Waals surface area (Å²) in [6, 6.07) is 0.374. The predicted octanol–water partition coefficient (Wildman–Crippen LogP) is 2.24. The third-order valence-electron chi connectivity index (χ3n) is 4.12. The number of fused-ring (bicyclic) bond motifs is 1. The number of rotatable bonds is 2. The van der Waals surface area contributed by atoms with Crippen molar-refractivity contribution in [1.82, 2.24) is 9.97 Å². The summed E-state index contributed by atoms with van der Waals surface area (Å²) in [7, 11) is 1.90. The Bertz CT molecular complexity index is 490. The summed E-state index contributed by atoms with van der Waals surface area (Å²) in [6.07, 6.45) is 8.32. The fraction of sp³-hybridized carbons (Fsp3) is 0.615. The first kappa shape index (κ1) is 12.7. The van der Waals surface area contributed by atoms with Crippen molar-refractivity contribution in [1.29, 1.82) is 0 Å². The maximum absolute atomic E-state index is 11.5. The van der Waals surface area contributed by atoms with Gasteiger partial charge in [0.05, 0.1) is 6.20 Å². The Labute approximate surface area is 117 Å². The number of anilines is 2. The van der Waals surface area contributed by atoms with Crippen LogP contribution >= 0.6 is 11.6 Å². The van der Waals surface area contributed by atoms with Crippen molar-refractivity contribution in [3.05, 3.63) is 11.5 Å². The SMILES string of the molecule is CN1c2cnc(Cl)nc2N(C2CCCCC2)C1C=O. The van der Waals surface area contributed by atoms with Gasteiger partial charge in [-0.05, 0) is 24.4 Å². The molecule has 0 bridgehead atoms. The zero-order valence-electron chi connectivity index (χ0n) is 10.9. The van der Waals surface area contributed by atoms with Crippen LogP contribution in [-0.2, 0) is 4.79 Å². The van der Waals surface area contributed by atoms with E-state index < -0.39 is 0 Å². The molecular weight excluding hydrogens is 264 g/mol. The van der Waals surface area contributed by atoms with E-state index in [0.717, 1.165) is 30.6 Å². The smallest absolute Gasteiger partial charge is 0.224 e. The third-order valence-corrected chi connectivity index (χ3v) is 4.30. The number of carbonyl (C=O) groups excluding carboxylic acids is 1. The normalized spacial score (nSPS) is 23.6. The summed E-state index contributed by atoms with van der Waals surface area (Å²) in [5, 5.41) is 0.236. The Morgan fingerprint density at radius 3 is 2.79 bits per heavy atom. The average Bonchev–Trinajstić information content (AvgIpc) is 2.71. The molecule has 5 nitrogen and oxygen atoms in total. The second-order valence-electron chi connectivity index (χ2n) is 5.21. The quantitative estimate of drug-likeness (QED) is 0.614. The standard InChI is InChI=1S/C13H17ClN4O/c1-17-10-7-15-13(14)16-12(10)18(11(17)8-19)9-5-3-2-4-6-9/h7-9,11H,2-6H2,1H3. The molecule has 1 aromatic heterocycles. The van der Waals surface area contributed by atoms with E-state index in [4.69, 9.17) is 11.6 Å². The van der Waals surface area contributed by atoms with E-state index in [0.29, 0.717) is 6.04 Å². The fourth-order valence-electron chi connectivity index (χ4n) is 3.14. The number of aldehydes is 1. The van der Waals surface area contributed by atoms with Crippen molar-refractivity contribution < 1.29 is 4.79 Å². The average molecular weight is 281 g/mol. The Morgan fingerprint density at radius 1 is 1.37 bits per heavy atom. The maximum atomic E-state index is 11.5. The summed E-state index contributed by atoms with van der Waals surface area (Å²) >= 11 is 5.91. The highest BCUT2D eigenvalue weighted by atomic mass is 35.5. The summed E-state index contributed by atoms with van der Waals surface area (Å²) in [5.74, 6) is 0.798. The van der Waals surface area contributed by atoms with Gasteiger partial charge in [-0.25, -0.2) is 4.98 Å². The highest BCUT2D eigenvalue weighted by molar-refractivity contribution is 6.28. The van der Waals surface area contributed by atoms with Crippen LogP contribution in [0.15, 0.2) is 6.20 Å². The van der Waals surface area contributed by atoms with Gasteiger partial charge >= 0.3 is 0 Å². The lowest BCUT2D eigenvalue weighted by Crippen LogP contribution is -2.48. The number of aromatic nitrogens is 2. The van der Waals surface area contributed by atoms with Gasteiger partial charge in [0.25, 0.3) is 0 Å². The highest BCUT2D eigenvalue weighted by Gasteiger charge is 2.39. The van der Waals surface area contributed by atoms with Crippen molar-refractivity contribution in [3.8, 4) is 0 Å². The molecule has 0 aromatic carbocycles. The number of likely N-dealkylation sites (N-methyl/N-ethyl adjacent to an activating group) is 1. The molecule has 1 fully saturated rings. The monoisotopic (exact) mass is 280 g/mol. The Hall–Kier alpha value is -1.36. The first-order valence-corrected chi connectivity index (χ1v) is 7.09. The molecular formula is C13H17ClN4O. The zero-order chi connectivity index (χ0) is 13.4. The lowest BCUT2D eigenvalue weighted by Gasteiger charge is -2.35. The van der Waals surface area contributed by atoms with Crippen molar-refractivity contribution >= 4 is 29.4 Å². The van der Waals surface area contributed by atoms with Crippen molar-refractivity contribution in [2.45, 2.75) is 44.3 Å². The minimum absolute atomic E-state index is 0.236. The summed E-state index contributed by atoms with van der Waals surface area (Å²) in [4.78, 5) is 23.9. The molecule has 1 aromatic rings. The van der Waals surface area contributed by atoms with Crippen LogP contribution in [0.4, 0.5) is 11.5 Å². The van der Waals surface area contributed by atoms with E-state index >= 15 is 0 Å². The van der Waals surface area contributed by atoms with Gasteiger partial charge in [0.1, 0.15) is 5.69 Å². The molecule has 102 valence electrons. The van der Waals surface area contributed by atoms with E-state index in [1.807, 2.05) is 11.9 Å². The minimum atomic E-state index is -0.286. The van der Waals surface area contributed by atoms with Gasteiger partial charge in [0.15, 0.2) is 18.3 Å². The van der Waals surface area contributed by atoms with Gasteiger partial charge < -0.3 is 9.80 Å². The van der Waals surface area contributed by atoms with Gasteiger partial charge in [0, 0.05) is 13.1 Å². The lowest BCUT2D eigenvalue weighted by molar-refractivity contribution is -0.108. The van der Waals surface area contributed by atoms with Crippen LogP contribution in [-0.4, -0.2) is 35.5 Å².